The van der Waals surface area contributed by atoms with Crippen LogP contribution in [0.2, 0.25) is 0 Å². The Balaban J connectivity index is 1.58. The summed E-state index contributed by atoms with van der Waals surface area (Å²) < 4.78 is 10.6. The normalized spacial score (nSPS) is 11.2. The van der Waals surface area contributed by atoms with Gasteiger partial charge in [-0.3, -0.25) is 0 Å². The number of anilines is 3. The predicted octanol–water partition coefficient (Wildman–Crippen LogP) is 7.40. The minimum absolute atomic E-state index is 0.286. The van der Waals surface area contributed by atoms with Crippen molar-refractivity contribution in [2.75, 3.05) is 19.1 Å². The summed E-state index contributed by atoms with van der Waals surface area (Å²) in [5.41, 5.74) is 3.71. The topological polar surface area (TPSA) is 82.8 Å². The van der Waals surface area contributed by atoms with E-state index in [1.807, 2.05) is 78.9 Å². The molecule has 184 valence electrons. The van der Waals surface area contributed by atoms with E-state index in [0.29, 0.717) is 4.88 Å². The summed E-state index contributed by atoms with van der Waals surface area (Å²) in [6.07, 6.45) is 5.34. The molecule has 0 spiro atoms. The highest BCUT2D eigenvalue weighted by atomic mass is 32.1. The molecule has 0 saturated heterocycles. The van der Waals surface area contributed by atoms with E-state index in [9.17, 15) is 4.79 Å². The molecule has 7 heteroatoms. The molecule has 0 saturated carbocycles. The van der Waals surface area contributed by atoms with Gasteiger partial charge in [0.1, 0.15) is 23.1 Å². The molecule has 0 aliphatic rings. The molecular weight excluding hydrogens is 484 g/mol. The summed E-state index contributed by atoms with van der Waals surface area (Å²) in [7, 11) is 3.30. The maximum Gasteiger partial charge on any atom is 0.346 e. The van der Waals surface area contributed by atoms with Crippen molar-refractivity contribution in [3.63, 3.8) is 0 Å². The first-order valence-corrected chi connectivity index (χ1v) is 12.1. The lowest BCUT2D eigenvalue weighted by atomic mass is 10.1. The highest BCUT2D eigenvalue weighted by Crippen LogP contribution is 2.36. The highest BCUT2D eigenvalue weighted by molar-refractivity contribution is 7.13. The number of carboxylic acids is 1. The number of thiophene rings is 1. The van der Waals surface area contributed by atoms with Gasteiger partial charge in [0.25, 0.3) is 0 Å². The number of benzene rings is 3. The van der Waals surface area contributed by atoms with Crippen molar-refractivity contribution in [1.82, 2.24) is 0 Å². The zero-order valence-electron chi connectivity index (χ0n) is 20.3. The fourth-order valence-electron chi connectivity index (χ4n) is 3.64. The maximum atomic E-state index is 11.1. The monoisotopic (exact) mass is 508 g/mol. The number of ether oxygens (including phenoxy) is 2. The number of carbonyl (C=O) groups is 1. The Labute approximate surface area is 219 Å². The number of nitrogens with zero attached hydrogens (tertiary/aromatic N) is 2. The van der Waals surface area contributed by atoms with Crippen LogP contribution in [-0.2, 0) is 4.79 Å². The molecule has 6 nitrogen and oxygen atoms in total. The summed E-state index contributed by atoms with van der Waals surface area (Å²) in [5.74, 6) is 0.349. The smallest absolute Gasteiger partial charge is 0.346 e. The summed E-state index contributed by atoms with van der Waals surface area (Å²) in [6, 6.07) is 29.4. The fourth-order valence-corrected chi connectivity index (χ4v) is 4.50. The molecule has 0 bridgehead atoms. The third-order valence-electron chi connectivity index (χ3n) is 5.54. The molecule has 4 aromatic rings. The number of carboxylic acid groups (broad SMARTS) is 1. The second kappa shape index (κ2) is 11.8. The third kappa shape index (κ3) is 6.26. The molecular formula is C30H24N2O4S. The molecule has 1 N–H and O–H groups in total. The minimum Gasteiger partial charge on any atom is -0.497 e. The zero-order chi connectivity index (χ0) is 26.2. The first-order chi connectivity index (χ1) is 18.0. The van der Waals surface area contributed by atoms with Crippen LogP contribution >= 0.6 is 11.3 Å². The van der Waals surface area contributed by atoms with E-state index in [0.717, 1.165) is 39.0 Å². The Bertz CT molecular complexity index is 1410. The van der Waals surface area contributed by atoms with Crippen molar-refractivity contribution in [2.45, 2.75) is 0 Å². The number of aliphatic carboxylic acids is 1. The average Bonchev–Trinajstić information content (AvgIpc) is 3.39. The van der Waals surface area contributed by atoms with Gasteiger partial charge in [0.05, 0.1) is 14.2 Å². The average molecular weight is 509 g/mol. The van der Waals surface area contributed by atoms with Gasteiger partial charge < -0.3 is 19.5 Å². The lowest BCUT2D eigenvalue weighted by molar-refractivity contribution is -0.132. The van der Waals surface area contributed by atoms with Crippen molar-refractivity contribution in [1.29, 1.82) is 5.26 Å². The van der Waals surface area contributed by atoms with E-state index in [-0.39, 0.29) is 5.57 Å². The first-order valence-electron chi connectivity index (χ1n) is 11.3. The van der Waals surface area contributed by atoms with Crippen LogP contribution in [0.25, 0.3) is 18.2 Å². The number of hydrogen-bond acceptors (Lipinski definition) is 6. The van der Waals surface area contributed by atoms with Gasteiger partial charge in [0.15, 0.2) is 0 Å². The molecule has 1 heterocycles. The Kier molecular flexibility index (Phi) is 8.04. The standard InChI is InChI=1S/C30H24N2O4S/c1-35-26-12-8-24(9-13-26)32(25-10-14-27(36-2)15-11-25)23-6-3-21(4-7-23)5-16-28-17-18-29(37-28)19-22(20-31)30(33)34/h3-19H,1-2H3,(H,33,34)/b16-5+,22-19-. The number of hydrogen-bond donors (Lipinski definition) is 1. The molecule has 4 rings (SSSR count). The largest absolute Gasteiger partial charge is 0.497 e. The molecule has 0 amide bonds. The van der Waals surface area contributed by atoms with Crippen molar-refractivity contribution in [2.24, 2.45) is 0 Å². The zero-order valence-corrected chi connectivity index (χ0v) is 21.1. The third-order valence-corrected chi connectivity index (χ3v) is 6.54. The van der Waals surface area contributed by atoms with Crippen LogP contribution < -0.4 is 14.4 Å². The SMILES string of the molecule is COc1ccc(N(c2ccc(/C=C/c3ccc(/C=C(/C#N)C(=O)O)s3)cc2)c2ccc(OC)cc2)cc1. The second-order valence-corrected chi connectivity index (χ2v) is 9.02. The van der Waals surface area contributed by atoms with E-state index in [2.05, 4.69) is 17.0 Å². The molecule has 3 aromatic carbocycles. The predicted molar refractivity (Wildman–Crippen MR) is 149 cm³/mol. The van der Waals surface area contributed by atoms with Gasteiger partial charge in [-0.1, -0.05) is 18.2 Å². The van der Waals surface area contributed by atoms with Crippen LogP contribution in [0.4, 0.5) is 17.1 Å². The Morgan fingerprint density at radius 3 is 1.73 bits per heavy atom. The quantitative estimate of drug-likeness (QED) is 0.187. The lowest BCUT2D eigenvalue weighted by Gasteiger charge is -2.26. The van der Waals surface area contributed by atoms with Gasteiger partial charge >= 0.3 is 5.97 Å². The number of rotatable bonds is 9. The van der Waals surface area contributed by atoms with Crippen LogP contribution in [0.1, 0.15) is 15.3 Å². The van der Waals surface area contributed by atoms with Crippen LogP contribution in [0.5, 0.6) is 11.5 Å². The van der Waals surface area contributed by atoms with Gasteiger partial charge in [-0.25, -0.2) is 4.79 Å². The lowest BCUT2D eigenvalue weighted by Crippen LogP contribution is -2.09. The Morgan fingerprint density at radius 2 is 1.27 bits per heavy atom. The summed E-state index contributed by atoms with van der Waals surface area (Å²) in [6.45, 7) is 0. The summed E-state index contributed by atoms with van der Waals surface area (Å²) in [4.78, 5) is 14.9. The molecule has 37 heavy (non-hydrogen) atoms. The minimum atomic E-state index is -1.23. The molecule has 0 fully saturated rings. The molecule has 0 unspecified atom stereocenters. The Morgan fingerprint density at radius 1 is 0.784 bits per heavy atom. The van der Waals surface area contributed by atoms with Crippen LogP contribution in [0, 0.1) is 11.3 Å². The van der Waals surface area contributed by atoms with Gasteiger partial charge in [-0.15, -0.1) is 11.3 Å². The van der Waals surface area contributed by atoms with E-state index in [1.165, 1.54) is 17.4 Å². The van der Waals surface area contributed by atoms with Crippen LogP contribution in [0.15, 0.2) is 90.5 Å². The van der Waals surface area contributed by atoms with Gasteiger partial charge in [-0.05, 0) is 90.5 Å². The van der Waals surface area contributed by atoms with E-state index in [1.54, 1.807) is 26.4 Å². The van der Waals surface area contributed by atoms with Crippen LogP contribution in [0.3, 0.4) is 0 Å². The molecule has 0 atom stereocenters. The second-order valence-electron chi connectivity index (χ2n) is 7.87. The van der Waals surface area contributed by atoms with Crippen molar-refractivity contribution < 1.29 is 19.4 Å². The van der Waals surface area contributed by atoms with Gasteiger partial charge in [0, 0.05) is 26.8 Å². The maximum absolute atomic E-state index is 11.1. The highest BCUT2D eigenvalue weighted by Gasteiger charge is 2.13. The number of methoxy groups -OCH3 is 2. The van der Waals surface area contributed by atoms with Crippen molar-refractivity contribution in [3.8, 4) is 17.6 Å². The molecule has 0 radical (unpaired) electrons. The van der Waals surface area contributed by atoms with Gasteiger partial charge in [-0.2, -0.15) is 5.26 Å². The van der Waals surface area contributed by atoms with Gasteiger partial charge in [0.2, 0.25) is 0 Å². The fraction of sp³-hybridized carbons (Fsp3) is 0.0667. The summed E-state index contributed by atoms with van der Waals surface area (Å²) >= 11 is 1.42. The number of nitriles is 1. The van der Waals surface area contributed by atoms with Crippen molar-refractivity contribution in [3.05, 3.63) is 106 Å². The Hall–Kier alpha value is -4.80. The van der Waals surface area contributed by atoms with E-state index >= 15 is 0 Å². The summed E-state index contributed by atoms with van der Waals surface area (Å²) in [5, 5.41) is 18.0. The van der Waals surface area contributed by atoms with E-state index < -0.39 is 5.97 Å². The molecule has 0 aliphatic carbocycles. The first kappa shape index (κ1) is 25.3. The van der Waals surface area contributed by atoms with E-state index in [4.69, 9.17) is 19.8 Å². The molecule has 0 aliphatic heterocycles. The molecule has 1 aromatic heterocycles. The van der Waals surface area contributed by atoms with Crippen LogP contribution in [-0.4, -0.2) is 25.3 Å². The van der Waals surface area contributed by atoms with Crippen molar-refractivity contribution >= 4 is 52.6 Å².